The van der Waals surface area contributed by atoms with Crippen molar-refractivity contribution in [3.63, 3.8) is 0 Å². The van der Waals surface area contributed by atoms with Gasteiger partial charge in [-0.3, -0.25) is 15.4 Å². The summed E-state index contributed by atoms with van der Waals surface area (Å²) in [6.07, 6.45) is 3.37. The third-order valence-corrected chi connectivity index (χ3v) is 4.04. The van der Waals surface area contributed by atoms with Crippen molar-refractivity contribution in [2.45, 2.75) is 4.90 Å². The van der Waals surface area contributed by atoms with Gasteiger partial charge in [0.25, 0.3) is 10.0 Å². The fourth-order valence-electron chi connectivity index (χ4n) is 1.73. The monoisotopic (exact) mass is 329 g/mol. The van der Waals surface area contributed by atoms with Crippen LogP contribution in [0.3, 0.4) is 0 Å². The Kier molecular flexibility index (Phi) is 4.50. The molecule has 2 rings (SSSR count). The van der Waals surface area contributed by atoms with Gasteiger partial charge in [0.15, 0.2) is 12.4 Å². The van der Waals surface area contributed by atoms with Gasteiger partial charge in [-0.2, -0.15) is 10.5 Å². The van der Waals surface area contributed by atoms with E-state index in [9.17, 15) is 8.42 Å². The van der Waals surface area contributed by atoms with Crippen LogP contribution in [0.25, 0.3) is 0 Å². The zero-order valence-corrected chi connectivity index (χ0v) is 12.4. The largest absolute Gasteiger partial charge is 0.384 e. The first-order valence-corrected chi connectivity index (χ1v) is 7.64. The van der Waals surface area contributed by atoms with Crippen LogP contribution in [0.5, 0.6) is 0 Å². The molecule has 9 nitrogen and oxygen atoms in total. The molecule has 0 saturated heterocycles. The Morgan fingerprint density at radius 1 is 1.04 bits per heavy atom. The number of pyridine rings is 1. The van der Waals surface area contributed by atoms with Gasteiger partial charge in [0.05, 0.1) is 16.3 Å². The number of benzene rings is 1. The molecule has 0 radical (unpaired) electrons. The van der Waals surface area contributed by atoms with E-state index in [-0.39, 0.29) is 27.9 Å². The number of nitrogens with one attached hydrogen (secondary N) is 3. The molecular formula is C13H11N7O2S. The van der Waals surface area contributed by atoms with Crippen molar-refractivity contribution in [1.29, 1.82) is 10.5 Å². The maximum atomic E-state index is 12.4. The van der Waals surface area contributed by atoms with Crippen molar-refractivity contribution in [1.82, 2.24) is 4.98 Å². The molecule has 0 bridgehead atoms. The summed E-state index contributed by atoms with van der Waals surface area (Å²) in [5.41, 5.74) is 5.93. The average molecular weight is 329 g/mol. The molecule has 0 aliphatic heterocycles. The topological polar surface area (TPSA) is 157 Å². The van der Waals surface area contributed by atoms with Crippen LogP contribution in [-0.2, 0) is 10.0 Å². The first kappa shape index (κ1) is 15.9. The van der Waals surface area contributed by atoms with E-state index in [4.69, 9.17) is 16.3 Å². The Morgan fingerprint density at radius 3 is 2.39 bits per heavy atom. The van der Waals surface area contributed by atoms with Crippen LogP contribution in [0.1, 0.15) is 0 Å². The molecule has 0 amide bonds. The molecule has 1 aromatic carbocycles. The van der Waals surface area contributed by atoms with Crippen LogP contribution < -0.4 is 21.1 Å². The number of hydrogen-bond acceptors (Lipinski definition) is 8. The third-order valence-electron chi connectivity index (χ3n) is 2.69. The Labute approximate surface area is 132 Å². The highest BCUT2D eigenvalue weighted by Crippen LogP contribution is 2.26. The summed E-state index contributed by atoms with van der Waals surface area (Å²) < 4.78 is 27.0. The van der Waals surface area contributed by atoms with E-state index in [1.807, 2.05) is 0 Å². The highest BCUT2D eigenvalue weighted by Gasteiger charge is 2.17. The molecule has 23 heavy (non-hydrogen) atoms. The van der Waals surface area contributed by atoms with Crippen LogP contribution in [0, 0.1) is 22.9 Å². The SMILES string of the molecule is N#CNc1ccc(S(=O)(=O)Nc2cccc(N)n2)cc1NC#N. The van der Waals surface area contributed by atoms with Crippen LogP contribution >= 0.6 is 0 Å². The molecule has 0 saturated carbocycles. The maximum Gasteiger partial charge on any atom is 0.263 e. The first-order chi connectivity index (χ1) is 11.0. The van der Waals surface area contributed by atoms with Crippen LogP contribution in [0.15, 0.2) is 41.3 Å². The molecule has 2 aromatic rings. The average Bonchev–Trinajstić information content (AvgIpc) is 2.49. The lowest BCUT2D eigenvalue weighted by atomic mass is 10.2. The standard InChI is InChI=1S/C13H11N7O2S/c14-7-17-10-5-4-9(6-11(10)18-8-15)23(21,22)20-13-3-1-2-12(16)19-13/h1-6,17-18H,(H3,16,19,20). The summed E-state index contributed by atoms with van der Waals surface area (Å²) in [5, 5.41) is 22.0. The van der Waals surface area contributed by atoms with E-state index >= 15 is 0 Å². The molecule has 0 spiro atoms. The molecule has 0 aliphatic carbocycles. The molecular weight excluding hydrogens is 318 g/mol. The number of sulfonamides is 1. The Bertz CT molecular complexity index is 913. The van der Waals surface area contributed by atoms with Gasteiger partial charge in [-0.15, -0.1) is 0 Å². The number of nitrogens with zero attached hydrogens (tertiary/aromatic N) is 3. The number of rotatable bonds is 5. The van der Waals surface area contributed by atoms with Gasteiger partial charge < -0.3 is 5.73 Å². The van der Waals surface area contributed by atoms with Gasteiger partial charge in [-0.25, -0.2) is 13.4 Å². The molecule has 0 fully saturated rings. The normalized spacial score (nSPS) is 10.2. The number of nitriles is 2. The Balaban J connectivity index is 2.38. The minimum Gasteiger partial charge on any atom is -0.384 e. The van der Waals surface area contributed by atoms with E-state index in [1.165, 1.54) is 30.3 Å². The summed E-state index contributed by atoms with van der Waals surface area (Å²) in [5.74, 6) is 0.240. The van der Waals surface area contributed by atoms with Gasteiger partial charge in [0.2, 0.25) is 0 Å². The number of nitrogens with two attached hydrogens (primary N) is 1. The van der Waals surface area contributed by atoms with Crippen molar-refractivity contribution in [3.05, 3.63) is 36.4 Å². The zero-order chi connectivity index (χ0) is 16.9. The molecule has 0 unspecified atom stereocenters. The molecule has 1 heterocycles. The molecule has 0 aliphatic rings. The zero-order valence-electron chi connectivity index (χ0n) is 11.6. The van der Waals surface area contributed by atoms with Crippen LogP contribution in [0.4, 0.5) is 23.0 Å². The van der Waals surface area contributed by atoms with E-state index in [0.717, 1.165) is 0 Å². The molecule has 10 heteroatoms. The fourth-order valence-corrected chi connectivity index (χ4v) is 2.76. The smallest absolute Gasteiger partial charge is 0.263 e. The van der Waals surface area contributed by atoms with Crippen molar-refractivity contribution in [2.24, 2.45) is 0 Å². The second-order valence-corrected chi connectivity index (χ2v) is 5.92. The van der Waals surface area contributed by atoms with E-state index < -0.39 is 10.0 Å². The van der Waals surface area contributed by atoms with Gasteiger partial charge >= 0.3 is 0 Å². The predicted molar refractivity (Wildman–Crippen MR) is 84.4 cm³/mol. The summed E-state index contributed by atoms with van der Waals surface area (Å²) in [6, 6.07) is 8.41. The minimum atomic E-state index is -3.93. The summed E-state index contributed by atoms with van der Waals surface area (Å²) in [6.45, 7) is 0. The highest BCUT2D eigenvalue weighted by atomic mass is 32.2. The number of anilines is 4. The summed E-state index contributed by atoms with van der Waals surface area (Å²) in [7, 11) is -3.93. The van der Waals surface area contributed by atoms with Gasteiger partial charge in [-0.1, -0.05) is 6.07 Å². The Morgan fingerprint density at radius 2 is 1.74 bits per heavy atom. The Hall–Kier alpha value is -3.50. The van der Waals surface area contributed by atoms with Crippen LogP contribution in [0.2, 0.25) is 0 Å². The number of hydrogen-bond donors (Lipinski definition) is 4. The maximum absolute atomic E-state index is 12.4. The highest BCUT2D eigenvalue weighted by molar-refractivity contribution is 7.92. The summed E-state index contributed by atoms with van der Waals surface area (Å²) in [4.78, 5) is 3.75. The lowest BCUT2D eigenvalue weighted by molar-refractivity contribution is 0.601. The molecule has 0 atom stereocenters. The predicted octanol–water partition coefficient (Wildman–Crippen LogP) is 1.25. The number of nitrogen functional groups attached to an aromatic ring is 1. The molecule has 116 valence electrons. The lowest BCUT2D eigenvalue weighted by Gasteiger charge is -2.11. The van der Waals surface area contributed by atoms with Crippen molar-refractivity contribution in [2.75, 3.05) is 21.1 Å². The minimum absolute atomic E-state index is 0.0685. The van der Waals surface area contributed by atoms with E-state index in [0.29, 0.717) is 0 Å². The molecule has 1 aromatic heterocycles. The van der Waals surface area contributed by atoms with Crippen molar-refractivity contribution >= 4 is 33.0 Å². The van der Waals surface area contributed by atoms with Crippen molar-refractivity contribution in [3.8, 4) is 12.4 Å². The van der Waals surface area contributed by atoms with Crippen molar-refractivity contribution < 1.29 is 8.42 Å². The quantitative estimate of drug-likeness (QED) is 0.471. The van der Waals surface area contributed by atoms with Crippen LogP contribution in [-0.4, -0.2) is 13.4 Å². The molecule has 5 N–H and O–H groups in total. The first-order valence-electron chi connectivity index (χ1n) is 6.16. The van der Waals surface area contributed by atoms with E-state index in [1.54, 1.807) is 18.5 Å². The summed E-state index contributed by atoms with van der Waals surface area (Å²) >= 11 is 0. The second-order valence-electron chi connectivity index (χ2n) is 4.23. The number of aromatic nitrogens is 1. The van der Waals surface area contributed by atoms with Gasteiger partial charge in [-0.05, 0) is 30.3 Å². The second kappa shape index (κ2) is 6.51. The lowest BCUT2D eigenvalue weighted by Crippen LogP contribution is -2.14. The fraction of sp³-hybridized carbons (Fsp3) is 0. The van der Waals surface area contributed by atoms with Gasteiger partial charge in [0.1, 0.15) is 11.6 Å². The third kappa shape index (κ3) is 3.78. The van der Waals surface area contributed by atoms with E-state index in [2.05, 4.69) is 20.3 Å². The van der Waals surface area contributed by atoms with Gasteiger partial charge in [0, 0.05) is 0 Å².